The summed E-state index contributed by atoms with van der Waals surface area (Å²) in [5.41, 5.74) is 3.48. The predicted molar refractivity (Wildman–Crippen MR) is 96.8 cm³/mol. The number of halogens is 1. The van der Waals surface area contributed by atoms with Gasteiger partial charge in [-0.2, -0.15) is 0 Å². The van der Waals surface area contributed by atoms with Crippen molar-refractivity contribution in [1.29, 1.82) is 0 Å². The fourth-order valence-corrected chi connectivity index (χ4v) is 3.37. The molecule has 5 heteroatoms. The van der Waals surface area contributed by atoms with Gasteiger partial charge in [0.1, 0.15) is 5.75 Å². The summed E-state index contributed by atoms with van der Waals surface area (Å²) in [6.45, 7) is 3.91. The first-order valence-corrected chi connectivity index (χ1v) is 8.60. The molecule has 0 aliphatic heterocycles. The van der Waals surface area contributed by atoms with Gasteiger partial charge in [0.25, 0.3) is 5.91 Å². The van der Waals surface area contributed by atoms with E-state index in [2.05, 4.69) is 21.2 Å². The van der Waals surface area contributed by atoms with Crippen LogP contribution in [0.5, 0.6) is 5.75 Å². The van der Waals surface area contributed by atoms with E-state index >= 15 is 0 Å². The molecule has 24 heavy (non-hydrogen) atoms. The zero-order chi connectivity index (χ0) is 17.3. The number of Topliss-reactive ketones (excluding diaryl/α,β-unsaturated/α-hetero) is 1. The number of benzene rings is 2. The second-order valence-electron chi connectivity index (χ2n) is 6.04. The molecular formula is C19H18BrNO3. The van der Waals surface area contributed by atoms with Gasteiger partial charge in [-0.25, -0.2) is 0 Å². The van der Waals surface area contributed by atoms with Crippen LogP contribution in [0.15, 0.2) is 40.9 Å². The van der Waals surface area contributed by atoms with Crippen molar-refractivity contribution in [3.63, 3.8) is 0 Å². The van der Waals surface area contributed by atoms with Gasteiger partial charge in [-0.1, -0.05) is 28.9 Å². The highest BCUT2D eigenvalue weighted by atomic mass is 79.9. The van der Waals surface area contributed by atoms with E-state index in [1.54, 1.807) is 18.2 Å². The Balaban J connectivity index is 1.70. The van der Waals surface area contributed by atoms with Crippen molar-refractivity contribution in [1.82, 2.24) is 0 Å². The number of hydrogen-bond acceptors (Lipinski definition) is 3. The fourth-order valence-electron chi connectivity index (χ4n) is 3.10. The number of hydrogen-bond donors (Lipinski definition) is 1. The maximum Gasteiger partial charge on any atom is 0.262 e. The predicted octanol–water partition coefficient (Wildman–Crippen LogP) is 4.46. The van der Waals surface area contributed by atoms with E-state index in [1.807, 2.05) is 32.0 Å². The van der Waals surface area contributed by atoms with Crippen molar-refractivity contribution in [2.45, 2.75) is 26.2 Å². The van der Waals surface area contributed by atoms with E-state index in [1.165, 1.54) is 0 Å². The number of carbonyl (C=O) groups excluding carboxylic acids is 2. The van der Waals surface area contributed by atoms with Gasteiger partial charge in [-0.05, 0) is 54.3 Å². The first-order valence-electron chi connectivity index (χ1n) is 7.80. The van der Waals surface area contributed by atoms with Crippen LogP contribution in [0.1, 0.15) is 40.7 Å². The summed E-state index contributed by atoms with van der Waals surface area (Å²) in [6.07, 6.45) is 0.502. The third-order valence-electron chi connectivity index (χ3n) is 4.18. The van der Waals surface area contributed by atoms with E-state index in [9.17, 15) is 9.59 Å². The van der Waals surface area contributed by atoms with Crippen molar-refractivity contribution in [2.75, 3.05) is 11.9 Å². The Hall–Kier alpha value is -2.14. The summed E-state index contributed by atoms with van der Waals surface area (Å²) in [7, 11) is 0. The molecule has 0 bridgehead atoms. The zero-order valence-corrected chi connectivity index (χ0v) is 15.1. The van der Waals surface area contributed by atoms with Crippen LogP contribution >= 0.6 is 15.9 Å². The normalized spacial score (nSPS) is 16.0. The van der Waals surface area contributed by atoms with Gasteiger partial charge in [0.15, 0.2) is 12.4 Å². The average Bonchev–Trinajstić information content (AvgIpc) is 2.85. The van der Waals surface area contributed by atoms with E-state index < -0.39 is 0 Å². The lowest BCUT2D eigenvalue weighted by Gasteiger charge is -2.13. The number of ether oxygens (including phenoxy) is 1. The Morgan fingerprint density at radius 3 is 2.67 bits per heavy atom. The van der Waals surface area contributed by atoms with Crippen LogP contribution in [0.4, 0.5) is 5.69 Å². The first-order chi connectivity index (χ1) is 11.5. The standard InChI is InChI=1S/C19H18BrNO3/c1-11-3-8-16(19-15(22)9-12(2)18(11)19)24-10-17(23)21-14-6-4-13(20)5-7-14/h3-8,12H,9-10H2,1-2H3,(H,21,23)/t12-/m1/s1. The molecule has 0 saturated carbocycles. The lowest BCUT2D eigenvalue weighted by Crippen LogP contribution is -2.20. The monoisotopic (exact) mass is 387 g/mol. The molecule has 0 fully saturated rings. The summed E-state index contributed by atoms with van der Waals surface area (Å²) in [4.78, 5) is 24.3. The Morgan fingerprint density at radius 2 is 1.96 bits per heavy atom. The van der Waals surface area contributed by atoms with Gasteiger partial charge in [-0.15, -0.1) is 0 Å². The van der Waals surface area contributed by atoms with Crippen LogP contribution in [0.2, 0.25) is 0 Å². The number of carbonyl (C=O) groups is 2. The lowest BCUT2D eigenvalue weighted by molar-refractivity contribution is -0.118. The largest absolute Gasteiger partial charge is 0.483 e. The van der Waals surface area contributed by atoms with Gasteiger partial charge >= 0.3 is 0 Å². The van der Waals surface area contributed by atoms with Crippen LogP contribution in [0.25, 0.3) is 0 Å². The number of ketones is 1. The summed E-state index contributed by atoms with van der Waals surface area (Å²) in [5.74, 6) is 0.526. The Bertz CT molecular complexity index is 799. The minimum atomic E-state index is -0.259. The molecule has 0 spiro atoms. The van der Waals surface area contributed by atoms with Crippen LogP contribution in [0.3, 0.4) is 0 Å². The topological polar surface area (TPSA) is 55.4 Å². The van der Waals surface area contributed by atoms with Crippen LogP contribution in [0, 0.1) is 6.92 Å². The highest BCUT2D eigenvalue weighted by molar-refractivity contribution is 9.10. The number of aryl methyl sites for hydroxylation is 1. The Morgan fingerprint density at radius 1 is 1.25 bits per heavy atom. The van der Waals surface area contributed by atoms with Gasteiger partial charge in [-0.3, -0.25) is 9.59 Å². The van der Waals surface area contributed by atoms with E-state index in [4.69, 9.17) is 4.74 Å². The Labute approximate surface area is 149 Å². The van der Waals surface area contributed by atoms with Crippen LogP contribution < -0.4 is 10.1 Å². The molecule has 0 radical (unpaired) electrons. The smallest absolute Gasteiger partial charge is 0.262 e. The SMILES string of the molecule is Cc1ccc(OCC(=O)Nc2ccc(Br)cc2)c2c1[C@H](C)CC2=O. The molecule has 0 aromatic heterocycles. The number of anilines is 1. The van der Waals surface area contributed by atoms with Gasteiger partial charge in [0.2, 0.25) is 0 Å². The molecule has 0 heterocycles. The maximum atomic E-state index is 12.2. The summed E-state index contributed by atoms with van der Waals surface area (Å²) < 4.78 is 6.58. The Kier molecular flexibility index (Phi) is 4.71. The summed E-state index contributed by atoms with van der Waals surface area (Å²) >= 11 is 3.35. The number of rotatable bonds is 4. The molecule has 1 aliphatic rings. The molecule has 3 rings (SSSR count). The van der Waals surface area contributed by atoms with Crippen molar-refractivity contribution in [3.05, 3.63) is 57.6 Å². The third kappa shape index (κ3) is 3.36. The number of nitrogens with one attached hydrogen (secondary N) is 1. The highest BCUT2D eigenvalue weighted by Gasteiger charge is 2.31. The van der Waals surface area contributed by atoms with E-state index in [0.717, 1.165) is 15.6 Å². The minimum absolute atomic E-state index is 0.0875. The molecule has 2 aromatic carbocycles. The number of amides is 1. The molecule has 124 valence electrons. The van der Waals surface area contributed by atoms with E-state index in [0.29, 0.717) is 23.4 Å². The molecule has 1 atom stereocenters. The number of fused-ring (bicyclic) bond motifs is 1. The molecule has 1 N–H and O–H groups in total. The molecule has 1 aliphatic carbocycles. The fraction of sp³-hybridized carbons (Fsp3) is 0.263. The second kappa shape index (κ2) is 6.77. The summed E-state index contributed by atoms with van der Waals surface area (Å²) in [6, 6.07) is 11.0. The molecule has 4 nitrogen and oxygen atoms in total. The molecule has 0 unspecified atom stereocenters. The van der Waals surface area contributed by atoms with Gasteiger partial charge in [0.05, 0.1) is 5.56 Å². The second-order valence-corrected chi connectivity index (χ2v) is 6.96. The minimum Gasteiger partial charge on any atom is -0.483 e. The summed E-state index contributed by atoms with van der Waals surface area (Å²) in [5, 5.41) is 2.77. The van der Waals surface area contributed by atoms with Crippen molar-refractivity contribution in [2.24, 2.45) is 0 Å². The molecule has 2 aromatic rings. The molecule has 1 amide bonds. The molecular weight excluding hydrogens is 370 g/mol. The quantitative estimate of drug-likeness (QED) is 0.841. The van der Waals surface area contributed by atoms with Crippen molar-refractivity contribution < 1.29 is 14.3 Å². The van der Waals surface area contributed by atoms with Crippen LogP contribution in [-0.4, -0.2) is 18.3 Å². The average molecular weight is 388 g/mol. The lowest BCUT2D eigenvalue weighted by atomic mass is 9.97. The van der Waals surface area contributed by atoms with E-state index in [-0.39, 0.29) is 24.2 Å². The van der Waals surface area contributed by atoms with Crippen molar-refractivity contribution in [3.8, 4) is 5.75 Å². The highest BCUT2D eigenvalue weighted by Crippen LogP contribution is 2.40. The molecule has 0 saturated heterocycles. The van der Waals surface area contributed by atoms with Gasteiger partial charge < -0.3 is 10.1 Å². The van der Waals surface area contributed by atoms with Crippen LogP contribution in [-0.2, 0) is 4.79 Å². The third-order valence-corrected chi connectivity index (χ3v) is 4.70. The van der Waals surface area contributed by atoms with Gasteiger partial charge in [0, 0.05) is 16.6 Å². The maximum absolute atomic E-state index is 12.2. The van der Waals surface area contributed by atoms with Crippen molar-refractivity contribution >= 4 is 33.3 Å². The zero-order valence-electron chi connectivity index (χ0n) is 13.6. The first kappa shape index (κ1) is 16.7.